The maximum absolute atomic E-state index is 12.3. The van der Waals surface area contributed by atoms with Crippen LogP contribution in [-0.4, -0.2) is 13.4 Å². The van der Waals surface area contributed by atoms with Crippen molar-refractivity contribution in [3.8, 4) is 0 Å². The van der Waals surface area contributed by atoms with Crippen molar-refractivity contribution >= 4 is 48.9 Å². The van der Waals surface area contributed by atoms with Crippen LogP contribution in [-0.2, 0) is 10.0 Å². The van der Waals surface area contributed by atoms with Crippen LogP contribution in [0.2, 0.25) is 5.02 Å². The number of aromatic nitrogens is 1. The molecular weight excluding hydrogens is 368 g/mol. The number of halogens is 2. The lowest BCUT2D eigenvalue weighted by atomic mass is 10.3. The molecular formula is C11H10BrClN4O2S. The Hall–Kier alpha value is -1.35. The van der Waals surface area contributed by atoms with Crippen LogP contribution in [0.5, 0.6) is 0 Å². The molecule has 0 bridgehead atoms. The molecule has 1 aromatic heterocycles. The van der Waals surface area contributed by atoms with Crippen LogP contribution in [0.15, 0.2) is 46.0 Å². The van der Waals surface area contributed by atoms with Crippen molar-refractivity contribution in [2.45, 2.75) is 4.90 Å². The van der Waals surface area contributed by atoms with Gasteiger partial charge in [-0.2, -0.15) is 0 Å². The molecule has 0 saturated carbocycles. The van der Waals surface area contributed by atoms with Gasteiger partial charge in [0.1, 0.15) is 4.90 Å². The average molecular weight is 378 g/mol. The maximum atomic E-state index is 12.3. The van der Waals surface area contributed by atoms with E-state index in [9.17, 15) is 8.42 Å². The van der Waals surface area contributed by atoms with Crippen LogP contribution in [0.4, 0.5) is 11.4 Å². The highest BCUT2D eigenvalue weighted by molar-refractivity contribution is 9.10. The van der Waals surface area contributed by atoms with E-state index in [1.54, 1.807) is 18.2 Å². The lowest BCUT2D eigenvalue weighted by Crippen LogP contribution is -2.18. The van der Waals surface area contributed by atoms with Gasteiger partial charge in [0.2, 0.25) is 0 Å². The molecule has 20 heavy (non-hydrogen) atoms. The first-order valence-electron chi connectivity index (χ1n) is 5.32. The molecule has 1 heterocycles. The van der Waals surface area contributed by atoms with Gasteiger partial charge in [-0.1, -0.05) is 27.5 Å². The number of nitrogens with two attached hydrogens (primary N) is 1. The molecule has 0 amide bonds. The molecule has 0 radical (unpaired) electrons. The highest BCUT2D eigenvalue weighted by Gasteiger charge is 2.20. The van der Waals surface area contributed by atoms with Crippen LogP contribution < -0.4 is 16.0 Å². The summed E-state index contributed by atoms with van der Waals surface area (Å²) in [5.41, 5.74) is 2.80. The van der Waals surface area contributed by atoms with Gasteiger partial charge in [-0.15, -0.1) is 0 Å². The van der Waals surface area contributed by atoms with Crippen LogP contribution in [0, 0.1) is 0 Å². The van der Waals surface area contributed by atoms with Gasteiger partial charge in [-0.25, -0.2) is 8.42 Å². The molecule has 2 rings (SSSR count). The second-order valence-corrected chi connectivity index (χ2v) is 6.72. The van der Waals surface area contributed by atoms with Crippen molar-refractivity contribution in [2.24, 2.45) is 5.84 Å². The molecule has 0 atom stereocenters. The minimum Gasteiger partial charge on any atom is -0.323 e. The number of hydrogen-bond acceptors (Lipinski definition) is 5. The minimum atomic E-state index is -3.86. The number of nitrogens with zero attached hydrogens (tertiary/aromatic N) is 1. The smallest absolute Gasteiger partial charge is 0.265 e. The summed E-state index contributed by atoms with van der Waals surface area (Å²) >= 11 is 9.21. The summed E-state index contributed by atoms with van der Waals surface area (Å²) in [6.07, 6.45) is 2.63. The molecule has 0 spiro atoms. The summed E-state index contributed by atoms with van der Waals surface area (Å²) in [5.74, 6) is 5.29. The predicted octanol–water partition coefficient (Wildman–Crippen LogP) is 2.58. The standard InChI is InChI=1S/C11H10BrClN4O2S/c12-7-1-2-8(13)10(5-7)17-20(18,19)11-6-15-4-3-9(11)16-14/h1-6,17H,14H2,(H,15,16). The molecule has 0 saturated heterocycles. The van der Waals surface area contributed by atoms with Crippen molar-refractivity contribution in [3.63, 3.8) is 0 Å². The van der Waals surface area contributed by atoms with Crippen molar-refractivity contribution in [1.29, 1.82) is 0 Å². The van der Waals surface area contributed by atoms with Gasteiger partial charge in [0.15, 0.2) is 0 Å². The number of rotatable bonds is 4. The van der Waals surface area contributed by atoms with Crippen LogP contribution in [0.25, 0.3) is 0 Å². The van der Waals surface area contributed by atoms with E-state index in [-0.39, 0.29) is 21.3 Å². The quantitative estimate of drug-likeness (QED) is 0.562. The van der Waals surface area contributed by atoms with E-state index in [0.717, 1.165) is 0 Å². The van der Waals surface area contributed by atoms with Gasteiger partial charge in [0, 0.05) is 16.9 Å². The zero-order valence-electron chi connectivity index (χ0n) is 9.97. The molecule has 0 aliphatic heterocycles. The van der Waals surface area contributed by atoms with E-state index in [1.807, 2.05) is 0 Å². The zero-order valence-corrected chi connectivity index (χ0v) is 13.1. The van der Waals surface area contributed by atoms with Gasteiger partial charge < -0.3 is 5.43 Å². The predicted molar refractivity (Wildman–Crippen MR) is 82.0 cm³/mol. The molecule has 6 nitrogen and oxygen atoms in total. The maximum Gasteiger partial charge on any atom is 0.265 e. The molecule has 0 aliphatic rings. The van der Waals surface area contributed by atoms with Crippen molar-refractivity contribution in [3.05, 3.63) is 46.2 Å². The summed E-state index contributed by atoms with van der Waals surface area (Å²) in [6.45, 7) is 0. The van der Waals surface area contributed by atoms with Crippen LogP contribution >= 0.6 is 27.5 Å². The molecule has 0 aliphatic carbocycles. The lowest BCUT2D eigenvalue weighted by Gasteiger charge is -2.12. The number of nitrogen functional groups attached to an aromatic ring is 1. The summed E-state index contributed by atoms with van der Waals surface area (Å²) < 4.78 is 27.7. The second-order valence-electron chi connectivity index (χ2n) is 3.75. The Morgan fingerprint density at radius 1 is 1.25 bits per heavy atom. The fourth-order valence-corrected chi connectivity index (χ4v) is 3.26. The number of anilines is 2. The number of hydrogen-bond donors (Lipinski definition) is 3. The Morgan fingerprint density at radius 3 is 2.70 bits per heavy atom. The Bertz CT molecular complexity index is 739. The van der Waals surface area contributed by atoms with Crippen molar-refractivity contribution < 1.29 is 8.42 Å². The summed E-state index contributed by atoms with van der Waals surface area (Å²) in [7, 11) is -3.86. The van der Waals surface area contributed by atoms with E-state index >= 15 is 0 Å². The number of sulfonamides is 1. The van der Waals surface area contributed by atoms with E-state index in [1.165, 1.54) is 18.5 Å². The lowest BCUT2D eigenvalue weighted by molar-refractivity contribution is 0.601. The van der Waals surface area contributed by atoms with Crippen LogP contribution in [0.3, 0.4) is 0 Å². The zero-order chi connectivity index (χ0) is 14.8. The van der Waals surface area contributed by atoms with Crippen molar-refractivity contribution in [1.82, 2.24) is 4.98 Å². The molecule has 1 aromatic carbocycles. The number of pyridine rings is 1. The fourth-order valence-electron chi connectivity index (χ4n) is 1.49. The minimum absolute atomic E-state index is 0.0708. The number of hydrazine groups is 1. The summed E-state index contributed by atoms with van der Waals surface area (Å²) in [5, 5.41) is 0.280. The fraction of sp³-hybridized carbons (Fsp3) is 0. The van der Waals surface area contributed by atoms with Gasteiger partial charge in [-0.3, -0.25) is 15.5 Å². The normalized spacial score (nSPS) is 11.2. The van der Waals surface area contributed by atoms with E-state index in [4.69, 9.17) is 17.4 Å². The Labute approximate surface area is 129 Å². The average Bonchev–Trinajstić information content (AvgIpc) is 2.42. The first kappa shape index (κ1) is 15.0. The largest absolute Gasteiger partial charge is 0.323 e. The van der Waals surface area contributed by atoms with Gasteiger partial charge >= 0.3 is 0 Å². The SMILES string of the molecule is NNc1ccncc1S(=O)(=O)Nc1cc(Br)ccc1Cl. The highest BCUT2D eigenvalue weighted by atomic mass is 79.9. The van der Waals surface area contributed by atoms with E-state index in [2.05, 4.69) is 31.1 Å². The third kappa shape index (κ3) is 3.21. The van der Waals surface area contributed by atoms with E-state index < -0.39 is 10.0 Å². The Balaban J connectivity index is 2.43. The molecule has 9 heteroatoms. The second kappa shape index (κ2) is 5.96. The topological polar surface area (TPSA) is 97.1 Å². The monoisotopic (exact) mass is 376 g/mol. The van der Waals surface area contributed by atoms with Gasteiger partial charge in [0.05, 0.1) is 16.4 Å². The highest BCUT2D eigenvalue weighted by Crippen LogP contribution is 2.29. The molecule has 0 unspecified atom stereocenters. The first-order chi connectivity index (χ1) is 9.44. The van der Waals surface area contributed by atoms with Crippen LogP contribution in [0.1, 0.15) is 0 Å². The molecule has 106 valence electrons. The molecule has 2 aromatic rings. The van der Waals surface area contributed by atoms with Gasteiger partial charge in [0.25, 0.3) is 10.0 Å². The third-order valence-electron chi connectivity index (χ3n) is 2.40. The molecule has 4 N–H and O–H groups in total. The summed E-state index contributed by atoms with van der Waals surface area (Å²) in [4.78, 5) is 3.71. The van der Waals surface area contributed by atoms with Crippen molar-refractivity contribution in [2.75, 3.05) is 10.1 Å². The number of benzene rings is 1. The number of nitrogens with one attached hydrogen (secondary N) is 2. The summed E-state index contributed by atoms with van der Waals surface area (Å²) in [6, 6.07) is 6.30. The Morgan fingerprint density at radius 2 is 2.00 bits per heavy atom. The first-order valence-corrected chi connectivity index (χ1v) is 7.98. The molecule has 0 fully saturated rings. The third-order valence-corrected chi connectivity index (χ3v) is 4.62. The van der Waals surface area contributed by atoms with Gasteiger partial charge in [-0.05, 0) is 24.3 Å². The van der Waals surface area contributed by atoms with E-state index in [0.29, 0.717) is 4.47 Å². The Kier molecular flexibility index (Phi) is 4.48.